The standard InChI is InChI=1S/C16H24FN3/c1-12-6-5-7-20(11-12)15-13(8-14(17)10-18-15)9-19-16(2,3)4/h6,8,10,19H,5,7,9,11H2,1-4H3. The molecule has 1 aromatic rings. The summed E-state index contributed by atoms with van der Waals surface area (Å²) in [6, 6.07) is 1.59. The molecule has 0 unspecified atom stereocenters. The molecule has 2 rings (SSSR count). The van der Waals surface area contributed by atoms with Gasteiger partial charge in [-0.1, -0.05) is 11.6 Å². The van der Waals surface area contributed by atoms with Crippen LogP contribution in [-0.2, 0) is 6.54 Å². The molecule has 0 spiro atoms. The number of rotatable bonds is 3. The zero-order valence-electron chi connectivity index (χ0n) is 12.8. The fourth-order valence-electron chi connectivity index (χ4n) is 2.34. The molecule has 0 saturated carbocycles. The van der Waals surface area contributed by atoms with Gasteiger partial charge in [-0.25, -0.2) is 9.37 Å². The van der Waals surface area contributed by atoms with Gasteiger partial charge in [0.1, 0.15) is 11.6 Å². The lowest BCUT2D eigenvalue weighted by atomic mass is 10.1. The Morgan fingerprint density at radius 2 is 2.15 bits per heavy atom. The zero-order valence-corrected chi connectivity index (χ0v) is 12.8. The van der Waals surface area contributed by atoms with E-state index in [9.17, 15) is 4.39 Å². The molecule has 0 amide bonds. The molecule has 1 aliphatic heterocycles. The Kier molecular flexibility index (Phi) is 4.43. The number of hydrogen-bond donors (Lipinski definition) is 1. The van der Waals surface area contributed by atoms with Crippen LogP contribution in [0.2, 0.25) is 0 Å². The van der Waals surface area contributed by atoms with Gasteiger partial charge in [0.05, 0.1) is 6.20 Å². The lowest BCUT2D eigenvalue weighted by Crippen LogP contribution is -2.36. The molecule has 1 N–H and O–H groups in total. The van der Waals surface area contributed by atoms with Gasteiger partial charge in [-0.3, -0.25) is 0 Å². The number of pyridine rings is 1. The number of nitrogens with zero attached hydrogens (tertiary/aromatic N) is 2. The lowest BCUT2D eigenvalue weighted by molar-refractivity contribution is 0.423. The van der Waals surface area contributed by atoms with E-state index in [1.807, 2.05) is 0 Å². The number of nitrogens with one attached hydrogen (secondary N) is 1. The molecule has 1 aliphatic rings. The van der Waals surface area contributed by atoms with Crippen LogP contribution in [0.1, 0.15) is 39.7 Å². The first-order valence-electron chi connectivity index (χ1n) is 7.15. The Morgan fingerprint density at radius 3 is 2.80 bits per heavy atom. The highest BCUT2D eigenvalue weighted by Crippen LogP contribution is 2.23. The van der Waals surface area contributed by atoms with Crippen LogP contribution in [0, 0.1) is 5.82 Å². The highest BCUT2D eigenvalue weighted by molar-refractivity contribution is 5.49. The molecular weight excluding hydrogens is 253 g/mol. The van der Waals surface area contributed by atoms with Gasteiger partial charge < -0.3 is 10.2 Å². The van der Waals surface area contributed by atoms with Crippen LogP contribution in [0.4, 0.5) is 10.2 Å². The van der Waals surface area contributed by atoms with Gasteiger partial charge in [0, 0.05) is 30.7 Å². The predicted octanol–water partition coefficient (Wildman–Crippen LogP) is 3.27. The summed E-state index contributed by atoms with van der Waals surface area (Å²) in [5.41, 5.74) is 2.27. The maximum atomic E-state index is 13.5. The first-order chi connectivity index (χ1) is 9.35. The minimum absolute atomic E-state index is 0.00129. The van der Waals surface area contributed by atoms with E-state index in [4.69, 9.17) is 0 Å². The molecule has 0 bridgehead atoms. The van der Waals surface area contributed by atoms with Crippen molar-refractivity contribution in [1.82, 2.24) is 10.3 Å². The number of aromatic nitrogens is 1. The van der Waals surface area contributed by atoms with E-state index in [0.717, 1.165) is 30.9 Å². The average Bonchev–Trinajstić information content (AvgIpc) is 2.35. The molecular formula is C16H24FN3. The van der Waals surface area contributed by atoms with Gasteiger partial charge in [0.25, 0.3) is 0 Å². The van der Waals surface area contributed by atoms with E-state index in [-0.39, 0.29) is 11.4 Å². The van der Waals surface area contributed by atoms with Gasteiger partial charge in [-0.05, 0) is 40.2 Å². The van der Waals surface area contributed by atoms with Crippen LogP contribution >= 0.6 is 0 Å². The maximum absolute atomic E-state index is 13.5. The smallest absolute Gasteiger partial charge is 0.141 e. The molecule has 0 atom stereocenters. The average molecular weight is 277 g/mol. The van der Waals surface area contributed by atoms with Crippen LogP contribution in [0.15, 0.2) is 23.9 Å². The maximum Gasteiger partial charge on any atom is 0.141 e. The van der Waals surface area contributed by atoms with Crippen molar-refractivity contribution in [2.45, 2.75) is 46.2 Å². The number of hydrogen-bond acceptors (Lipinski definition) is 3. The van der Waals surface area contributed by atoms with Crippen molar-refractivity contribution in [2.75, 3.05) is 18.0 Å². The van der Waals surface area contributed by atoms with E-state index in [2.05, 4.69) is 49.0 Å². The van der Waals surface area contributed by atoms with Gasteiger partial charge in [0.15, 0.2) is 0 Å². The molecule has 0 aromatic carbocycles. The van der Waals surface area contributed by atoms with Crippen LogP contribution in [0.3, 0.4) is 0 Å². The topological polar surface area (TPSA) is 28.2 Å². The minimum Gasteiger partial charge on any atom is -0.352 e. The largest absolute Gasteiger partial charge is 0.352 e. The summed E-state index contributed by atoms with van der Waals surface area (Å²) in [5, 5.41) is 3.41. The normalized spacial score (nSPS) is 16.2. The molecule has 4 heteroatoms. The van der Waals surface area contributed by atoms with E-state index >= 15 is 0 Å². The highest BCUT2D eigenvalue weighted by Gasteiger charge is 2.18. The number of halogens is 1. The van der Waals surface area contributed by atoms with E-state index in [1.54, 1.807) is 6.07 Å². The second-order valence-corrected chi connectivity index (χ2v) is 6.50. The third-order valence-electron chi connectivity index (χ3n) is 3.35. The van der Waals surface area contributed by atoms with Crippen molar-refractivity contribution in [3.05, 3.63) is 35.3 Å². The molecule has 0 aliphatic carbocycles. The number of anilines is 1. The van der Waals surface area contributed by atoms with Crippen molar-refractivity contribution < 1.29 is 4.39 Å². The quantitative estimate of drug-likeness (QED) is 0.860. The van der Waals surface area contributed by atoms with Crippen LogP contribution in [0.5, 0.6) is 0 Å². The summed E-state index contributed by atoms with van der Waals surface area (Å²) in [5.74, 6) is 0.624. The summed E-state index contributed by atoms with van der Waals surface area (Å²) in [6.45, 7) is 10.9. The Balaban J connectivity index is 2.21. The zero-order chi connectivity index (χ0) is 14.8. The molecule has 3 nitrogen and oxygen atoms in total. The molecule has 20 heavy (non-hydrogen) atoms. The minimum atomic E-state index is -0.274. The summed E-state index contributed by atoms with van der Waals surface area (Å²) >= 11 is 0. The fraction of sp³-hybridized carbons (Fsp3) is 0.562. The van der Waals surface area contributed by atoms with Gasteiger partial charge in [-0.15, -0.1) is 0 Å². The lowest BCUT2D eigenvalue weighted by Gasteiger charge is -2.30. The van der Waals surface area contributed by atoms with E-state index in [1.165, 1.54) is 11.8 Å². The van der Waals surface area contributed by atoms with Crippen molar-refractivity contribution in [2.24, 2.45) is 0 Å². The molecule has 0 saturated heterocycles. The summed E-state index contributed by atoms with van der Waals surface area (Å²) in [6.07, 6.45) is 4.59. The Morgan fingerprint density at radius 1 is 1.40 bits per heavy atom. The van der Waals surface area contributed by atoms with Gasteiger partial charge >= 0.3 is 0 Å². The Bertz CT molecular complexity index is 503. The SMILES string of the molecule is CC1=CCCN(c2ncc(F)cc2CNC(C)(C)C)C1. The summed E-state index contributed by atoms with van der Waals surface area (Å²) < 4.78 is 13.5. The molecule has 1 aromatic heterocycles. The highest BCUT2D eigenvalue weighted by atomic mass is 19.1. The summed E-state index contributed by atoms with van der Waals surface area (Å²) in [4.78, 5) is 6.55. The van der Waals surface area contributed by atoms with Gasteiger partial charge in [0.2, 0.25) is 0 Å². The third kappa shape index (κ3) is 4.04. The summed E-state index contributed by atoms with van der Waals surface area (Å²) in [7, 11) is 0. The third-order valence-corrected chi connectivity index (χ3v) is 3.35. The fourth-order valence-corrected chi connectivity index (χ4v) is 2.34. The molecule has 0 fully saturated rings. The second-order valence-electron chi connectivity index (χ2n) is 6.50. The second kappa shape index (κ2) is 5.92. The van der Waals surface area contributed by atoms with E-state index in [0.29, 0.717) is 6.54 Å². The van der Waals surface area contributed by atoms with Crippen molar-refractivity contribution in [1.29, 1.82) is 0 Å². The van der Waals surface area contributed by atoms with Crippen molar-refractivity contribution in [3.8, 4) is 0 Å². The van der Waals surface area contributed by atoms with Crippen LogP contribution in [-0.4, -0.2) is 23.6 Å². The first-order valence-corrected chi connectivity index (χ1v) is 7.15. The van der Waals surface area contributed by atoms with Crippen molar-refractivity contribution >= 4 is 5.82 Å². The monoisotopic (exact) mass is 277 g/mol. The molecule has 110 valence electrons. The first kappa shape index (κ1) is 15.0. The van der Waals surface area contributed by atoms with Gasteiger partial charge in [-0.2, -0.15) is 0 Å². The molecule has 0 radical (unpaired) electrons. The molecule has 2 heterocycles. The van der Waals surface area contributed by atoms with Crippen molar-refractivity contribution in [3.63, 3.8) is 0 Å². The Labute approximate surface area is 120 Å². The van der Waals surface area contributed by atoms with E-state index < -0.39 is 0 Å². The van der Waals surface area contributed by atoms with Crippen LogP contribution < -0.4 is 10.2 Å². The Hall–Kier alpha value is -1.42. The van der Waals surface area contributed by atoms with Crippen LogP contribution in [0.25, 0.3) is 0 Å². The predicted molar refractivity (Wildman–Crippen MR) is 81.4 cm³/mol.